The van der Waals surface area contributed by atoms with E-state index < -0.39 is 23.8 Å². The van der Waals surface area contributed by atoms with Crippen molar-refractivity contribution in [1.82, 2.24) is 0 Å². The molecule has 0 saturated heterocycles. The summed E-state index contributed by atoms with van der Waals surface area (Å²) in [6, 6.07) is 18.6. The molecule has 3 rings (SSSR count). The number of rotatable bonds is 11. The first-order valence-corrected chi connectivity index (χ1v) is 11.5. The smallest absolute Gasteiger partial charge is 0.336 e. The molecule has 0 fully saturated rings. The Balaban J connectivity index is 1.75. The largest absolute Gasteiger partial charge is 0.497 e. The Morgan fingerprint density at radius 1 is 0.737 bits per heavy atom. The predicted octanol–water partition coefficient (Wildman–Crippen LogP) is 4.63. The Morgan fingerprint density at radius 2 is 1.24 bits per heavy atom. The van der Waals surface area contributed by atoms with Gasteiger partial charge in [-0.25, -0.2) is 4.79 Å². The van der Waals surface area contributed by atoms with Crippen LogP contribution in [-0.4, -0.2) is 51.5 Å². The van der Waals surface area contributed by atoms with Crippen LogP contribution in [0.1, 0.15) is 16.7 Å². The van der Waals surface area contributed by atoms with Gasteiger partial charge in [-0.1, -0.05) is 24.3 Å². The highest BCUT2D eigenvalue weighted by molar-refractivity contribution is 6.20. The van der Waals surface area contributed by atoms with Crippen LogP contribution >= 0.6 is 0 Å². The Morgan fingerprint density at radius 3 is 1.68 bits per heavy atom. The van der Waals surface area contributed by atoms with Crippen molar-refractivity contribution in [3.8, 4) is 23.0 Å². The SMILES string of the molecule is COC(=O)C(Cc1ccc(Oc2ccc(C(=Cc3cc(OC)cc(OC)c3)C(=O)O)cc2)cc1)C(=O)OC. The number of carboxylic acid groups (broad SMARTS) is 1. The Kier molecular flexibility index (Phi) is 9.48. The van der Waals surface area contributed by atoms with E-state index in [1.54, 1.807) is 66.7 Å². The van der Waals surface area contributed by atoms with Gasteiger partial charge in [0.1, 0.15) is 23.0 Å². The lowest BCUT2D eigenvalue weighted by Crippen LogP contribution is -2.28. The van der Waals surface area contributed by atoms with E-state index in [0.717, 1.165) is 5.56 Å². The maximum absolute atomic E-state index is 12.0. The standard InChI is InChI=1S/C29H28O9/c1-34-23-13-19(14-24(17-23)35-2)16-25(27(30)31)20-7-11-22(12-8-20)38-21-9-5-18(6-10-21)15-26(28(32)36-3)29(33)37-4/h5-14,16-17,26H,15H2,1-4H3,(H,30,31). The molecular weight excluding hydrogens is 492 g/mol. The van der Waals surface area contributed by atoms with Crippen LogP contribution in [0.4, 0.5) is 0 Å². The van der Waals surface area contributed by atoms with Crippen LogP contribution in [0.25, 0.3) is 11.6 Å². The van der Waals surface area contributed by atoms with Gasteiger partial charge in [0.2, 0.25) is 0 Å². The van der Waals surface area contributed by atoms with E-state index in [1.165, 1.54) is 34.5 Å². The van der Waals surface area contributed by atoms with Crippen molar-refractivity contribution in [3.63, 3.8) is 0 Å². The van der Waals surface area contributed by atoms with E-state index in [0.29, 0.717) is 34.1 Å². The van der Waals surface area contributed by atoms with Crippen molar-refractivity contribution in [2.24, 2.45) is 5.92 Å². The molecule has 9 nitrogen and oxygen atoms in total. The van der Waals surface area contributed by atoms with Gasteiger partial charge >= 0.3 is 17.9 Å². The number of carbonyl (C=O) groups is 3. The first kappa shape index (κ1) is 27.8. The van der Waals surface area contributed by atoms with Crippen molar-refractivity contribution >= 4 is 29.6 Å². The first-order chi connectivity index (χ1) is 18.3. The third-order valence-electron chi connectivity index (χ3n) is 5.65. The highest BCUT2D eigenvalue weighted by Gasteiger charge is 2.28. The average Bonchev–Trinajstić information content (AvgIpc) is 2.94. The monoisotopic (exact) mass is 520 g/mol. The van der Waals surface area contributed by atoms with E-state index in [-0.39, 0.29) is 12.0 Å². The van der Waals surface area contributed by atoms with Crippen molar-refractivity contribution < 1.29 is 43.2 Å². The average molecular weight is 521 g/mol. The molecule has 1 N–H and O–H groups in total. The quantitative estimate of drug-likeness (QED) is 0.167. The minimum atomic E-state index is -1.09. The highest BCUT2D eigenvalue weighted by atomic mass is 16.5. The van der Waals surface area contributed by atoms with E-state index >= 15 is 0 Å². The van der Waals surface area contributed by atoms with Gasteiger partial charge in [-0.3, -0.25) is 9.59 Å². The van der Waals surface area contributed by atoms with Crippen LogP contribution in [0.2, 0.25) is 0 Å². The molecule has 9 heteroatoms. The maximum atomic E-state index is 12.0. The summed E-state index contributed by atoms with van der Waals surface area (Å²) in [5.74, 6) is -1.38. The summed E-state index contributed by atoms with van der Waals surface area (Å²) in [5, 5.41) is 9.81. The Hall–Kier alpha value is -4.79. The van der Waals surface area contributed by atoms with Crippen LogP contribution < -0.4 is 14.2 Å². The molecule has 0 aliphatic carbocycles. The molecular formula is C29H28O9. The second kappa shape index (κ2) is 13.0. The minimum Gasteiger partial charge on any atom is -0.497 e. The lowest BCUT2D eigenvalue weighted by Gasteiger charge is -2.13. The molecule has 0 unspecified atom stereocenters. The summed E-state index contributed by atoms with van der Waals surface area (Å²) in [7, 11) is 5.47. The van der Waals surface area contributed by atoms with Gasteiger partial charge in [-0.15, -0.1) is 0 Å². The number of esters is 2. The molecule has 0 saturated carbocycles. The summed E-state index contributed by atoms with van der Waals surface area (Å²) < 4.78 is 25.8. The van der Waals surface area contributed by atoms with Crippen molar-refractivity contribution in [2.75, 3.05) is 28.4 Å². The summed E-state index contributed by atoms with van der Waals surface area (Å²) in [4.78, 5) is 35.8. The molecule has 0 heterocycles. The van der Waals surface area contributed by atoms with E-state index in [4.69, 9.17) is 14.2 Å². The molecule has 198 valence electrons. The zero-order valence-electron chi connectivity index (χ0n) is 21.4. The number of carboxylic acids is 1. The number of carbonyl (C=O) groups excluding carboxylic acids is 2. The molecule has 38 heavy (non-hydrogen) atoms. The van der Waals surface area contributed by atoms with E-state index in [9.17, 15) is 19.5 Å². The van der Waals surface area contributed by atoms with Gasteiger partial charge < -0.3 is 28.8 Å². The van der Waals surface area contributed by atoms with Gasteiger partial charge in [0, 0.05) is 6.07 Å². The lowest BCUT2D eigenvalue weighted by molar-refractivity contribution is -0.158. The molecule has 0 aromatic heterocycles. The molecule has 0 radical (unpaired) electrons. The molecule has 0 amide bonds. The Labute approximate surface area is 220 Å². The highest BCUT2D eigenvalue weighted by Crippen LogP contribution is 2.28. The zero-order valence-corrected chi connectivity index (χ0v) is 21.4. The van der Waals surface area contributed by atoms with Gasteiger partial charge in [0.05, 0.1) is 34.0 Å². The number of hydrogen-bond donors (Lipinski definition) is 1. The summed E-state index contributed by atoms with van der Waals surface area (Å²) in [5.41, 5.74) is 1.90. The number of methoxy groups -OCH3 is 4. The van der Waals surface area contributed by atoms with Crippen LogP contribution in [0, 0.1) is 5.92 Å². The zero-order chi connectivity index (χ0) is 27.7. The van der Waals surface area contributed by atoms with Crippen LogP contribution in [-0.2, 0) is 30.3 Å². The third-order valence-corrected chi connectivity index (χ3v) is 5.65. The second-order valence-corrected chi connectivity index (χ2v) is 8.08. The topological polar surface area (TPSA) is 118 Å². The van der Waals surface area contributed by atoms with Crippen LogP contribution in [0.3, 0.4) is 0 Å². The van der Waals surface area contributed by atoms with Gasteiger partial charge in [0.25, 0.3) is 0 Å². The Bertz CT molecular complexity index is 1270. The predicted molar refractivity (Wildman–Crippen MR) is 139 cm³/mol. The fourth-order valence-corrected chi connectivity index (χ4v) is 3.66. The normalized spacial score (nSPS) is 11.0. The van der Waals surface area contributed by atoms with Crippen molar-refractivity contribution in [3.05, 3.63) is 83.4 Å². The molecule has 3 aromatic rings. The van der Waals surface area contributed by atoms with E-state index in [1.807, 2.05) is 0 Å². The van der Waals surface area contributed by atoms with Gasteiger partial charge in [-0.2, -0.15) is 0 Å². The molecule has 0 atom stereocenters. The van der Waals surface area contributed by atoms with Crippen LogP contribution in [0.15, 0.2) is 66.7 Å². The minimum absolute atomic E-state index is 0.0852. The van der Waals surface area contributed by atoms with E-state index in [2.05, 4.69) is 9.47 Å². The molecule has 3 aromatic carbocycles. The van der Waals surface area contributed by atoms with Gasteiger partial charge in [-0.05, 0) is 65.6 Å². The second-order valence-electron chi connectivity index (χ2n) is 8.08. The maximum Gasteiger partial charge on any atom is 0.336 e. The summed E-state index contributed by atoms with van der Waals surface area (Å²) in [6.45, 7) is 0. The molecule has 0 aliphatic rings. The third kappa shape index (κ3) is 7.13. The van der Waals surface area contributed by atoms with Crippen molar-refractivity contribution in [2.45, 2.75) is 6.42 Å². The molecule has 0 bridgehead atoms. The number of aliphatic carboxylic acids is 1. The van der Waals surface area contributed by atoms with Crippen molar-refractivity contribution in [1.29, 1.82) is 0 Å². The molecule has 0 aliphatic heterocycles. The summed E-state index contributed by atoms with van der Waals surface area (Å²) in [6.07, 6.45) is 1.66. The number of benzene rings is 3. The molecule has 0 spiro atoms. The van der Waals surface area contributed by atoms with Gasteiger partial charge in [0.15, 0.2) is 5.92 Å². The first-order valence-electron chi connectivity index (χ1n) is 11.5. The fourth-order valence-electron chi connectivity index (χ4n) is 3.66. The fraction of sp³-hybridized carbons (Fsp3) is 0.207. The summed E-state index contributed by atoms with van der Waals surface area (Å²) >= 11 is 0. The lowest BCUT2D eigenvalue weighted by atomic mass is 9.99. The van der Waals surface area contributed by atoms with Crippen LogP contribution in [0.5, 0.6) is 23.0 Å². The number of hydrogen-bond acceptors (Lipinski definition) is 8. The number of ether oxygens (including phenoxy) is 5.